The first-order valence-corrected chi connectivity index (χ1v) is 23.0. The predicted molar refractivity (Wildman–Crippen MR) is 259 cm³/mol. The van der Waals surface area contributed by atoms with Crippen molar-refractivity contribution >= 4 is 64.0 Å². The molecule has 0 saturated carbocycles. The third-order valence-corrected chi connectivity index (χ3v) is 13.0. The number of nitrogens with zero attached hydrogens (tertiary/aromatic N) is 6. The molecule has 1 saturated heterocycles. The van der Waals surface area contributed by atoms with Gasteiger partial charge in [0.15, 0.2) is 0 Å². The summed E-state index contributed by atoms with van der Waals surface area (Å²) in [5.74, 6) is -3.64. The van der Waals surface area contributed by atoms with Crippen molar-refractivity contribution in [3.63, 3.8) is 0 Å². The molecule has 6 rings (SSSR count). The molecule has 1 aliphatic rings. The summed E-state index contributed by atoms with van der Waals surface area (Å²) in [5, 5.41) is 54.9. The van der Waals surface area contributed by atoms with Crippen LogP contribution in [0.25, 0.3) is 21.7 Å². The van der Waals surface area contributed by atoms with Crippen molar-refractivity contribution in [3.05, 3.63) is 119 Å². The van der Waals surface area contributed by atoms with Crippen LogP contribution in [0.15, 0.2) is 97.1 Å². The summed E-state index contributed by atoms with van der Waals surface area (Å²) in [7, 11) is 1.93. The molecule has 0 aliphatic carbocycles. The number of likely N-dealkylation sites (N-methyl/N-ethyl adjacent to an activating group) is 1. The molecule has 2 heterocycles. The quantitative estimate of drug-likeness (QED) is 0.0418. The number of aromatic nitrogens is 1. The van der Waals surface area contributed by atoms with E-state index in [0.29, 0.717) is 50.3 Å². The van der Waals surface area contributed by atoms with Crippen LogP contribution in [0.5, 0.6) is 0 Å². The van der Waals surface area contributed by atoms with Gasteiger partial charge in [0.2, 0.25) is 11.4 Å². The van der Waals surface area contributed by atoms with Gasteiger partial charge >= 0.3 is 30.9 Å². The molecule has 1 aliphatic heterocycles. The SMILES string of the molecule is CC(c1ccccc1)C(CCNC(=O)c1c2ccccc2c2cc(CN(C)C(=O)CN3CCN(CC(=O)O)CCN(CC(=O)O)CCN(CC(=O)O)CC3)ccc2[n+]1C)c1ccccc1B(O)O.[Eu]. The van der Waals surface area contributed by atoms with Gasteiger partial charge in [-0.1, -0.05) is 85.8 Å². The molecule has 2 unspecified atom stereocenters. The Morgan fingerprint density at radius 1 is 0.667 bits per heavy atom. The fourth-order valence-electron chi connectivity index (χ4n) is 9.32. The van der Waals surface area contributed by atoms with Crippen molar-refractivity contribution in [1.82, 2.24) is 29.8 Å². The van der Waals surface area contributed by atoms with Crippen molar-refractivity contribution < 1.29 is 103 Å². The molecule has 0 spiro atoms. The number of carbonyl (C=O) groups is 5. The first-order chi connectivity index (χ1) is 32.6. The van der Waals surface area contributed by atoms with E-state index in [1.165, 1.54) is 0 Å². The van der Waals surface area contributed by atoms with Crippen LogP contribution in [0.1, 0.15) is 52.4 Å². The minimum absolute atomic E-state index is 0. The van der Waals surface area contributed by atoms with Crippen LogP contribution in [-0.2, 0) is 32.8 Å². The molecule has 1 aromatic heterocycles. The Morgan fingerprint density at radius 2 is 1.16 bits per heavy atom. The Morgan fingerprint density at radius 3 is 1.70 bits per heavy atom. The molecular weight excluding hydrogens is 1020 g/mol. The number of nitrogens with one attached hydrogen (secondary N) is 1. The summed E-state index contributed by atoms with van der Waals surface area (Å²) >= 11 is 0. The number of carboxylic acid groups (broad SMARTS) is 3. The molecule has 1 fully saturated rings. The largest absolute Gasteiger partial charge is 0.488 e. The van der Waals surface area contributed by atoms with Crippen LogP contribution in [0.2, 0.25) is 0 Å². The molecule has 19 heteroatoms. The first-order valence-electron chi connectivity index (χ1n) is 23.0. The van der Waals surface area contributed by atoms with E-state index in [2.05, 4.69) is 24.4 Å². The van der Waals surface area contributed by atoms with Gasteiger partial charge in [-0.2, -0.15) is 4.57 Å². The van der Waals surface area contributed by atoms with Gasteiger partial charge in [-0.05, 0) is 52.5 Å². The van der Waals surface area contributed by atoms with E-state index in [1.54, 1.807) is 38.8 Å². The molecule has 367 valence electrons. The smallest absolute Gasteiger partial charge is 0.480 e. The number of aliphatic carboxylic acids is 3. The predicted octanol–water partition coefficient (Wildman–Crippen LogP) is 1.64. The fraction of sp³-hybridized carbons (Fsp3) is 0.400. The molecule has 0 bridgehead atoms. The van der Waals surface area contributed by atoms with Crippen molar-refractivity contribution in [3.8, 4) is 0 Å². The Labute approximate surface area is 444 Å². The summed E-state index contributed by atoms with van der Waals surface area (Å²) < 4.78 is 1.88. The summed E-state index contributed by atoms with van der Waals surface area (Å²) in [6.45, 7) is 4.34. The zero-order chi connectivity index (χ0) is 48.9. The standard InChI is InChI=1S/C50H62BN7O10.Eu/c1-35(37-11-5-4-6-12-37)38(40-14-9-10-16-43(40)51(67)68)19-20-52-50(66)49-41-15-8-7-13-39(41)42-29-36(17-18-44(42)54(49)3)30-53(2)45(59)31-55-21-23-56(32-46(60)61)25-27-58(34-48(64)65)28-26-57(24-22-55)33-47(62)63;/h4-18,29,35,38,67-68H,19-28,30-34H2,1-3H3,(H3-,52,60,61,62,63,64,65,66);/p+1. The third-order valence-electron chi connectivity index (χ3n) is 13.0. The normalized spacial score (nSPS) is 15.6. The van der Waals surface area contributed by atoms with Crippen LogP contribution < -0.4 is 15.3 Å². The Hall–Kier alpha value is -4.69. The molecule has 4 aromatic carbocycles. The second-order valence-corrected chi connectivity index (χ2v) is 17.7. The van der Waals surface area contributed by atoms with Crippen molar-refractivity contribution in [2.45, 2.75) is 31.7 Å². The average molecular weight is 1080 g/mol. The fourth-order valence-corrected chi connectivity index (χ4v) is 9.32. The minimum Gasteiger partial charge on any atom is -0.480 e. The van der Waals surface area contributed by atoms with Crippen LogP contribution in [0.4, 0.5) is 0 Å². The summed E-state index contributed by atoms with van der Waals surface area (Å²) in [4.78, 5) is 71.9. The number of amides is 2. The topological polar surface area (TPSA) is 219 Å². The molecule has 17 nitrogen and oxygen atoms in total. The van der Waals surface area contributed by atoms with Gasteiger partial charge in [0.05, 0.1) is 37.0 Å². The molecule has 2 amide bonds. The van der Waals surface area contributed by atoms with Crippen LogP contribution in [0, 0.1) is 49.4 Å². The average Bonchev–Trinajstić information content (AvgIpc) is 3.30. The number of hydrogen-bond acceptors (Lipinski definition) is 11. The van der Waals surface area contributed by atoms with Crippen LogP contribution in [0.3, 0.4) is 0 Å². The van der Waals surface area contributed by atoms with Gasteiger partial charge in [0.1, 0.15) is 7.05 Å². The van der Waals surface area contributed by atoms with Gasteiger partial charge < -0.3 is 35.6 Å². The molecule has 2 atom stereocenters. The van der Waals surface area contributed by atoms with Gasteiger partial charge in [-0.25, -0.2) is 0 Å². The molecule has 5 aromatic rings. The number of rotatable bonds is 18. The molecular formula is C50H63BEuN7O10+. The monoisotopic (exact) mass is 1090 g/mol. The Kier molecular flexibility index (Phi) is 21.2. The first kappa shape index (κ1) is 55.2. The van der Waals surface area contributed by atoms with Crippen LogP contribution >= 0.6 is 0 Å². The van der Waals surface area contributed by atoms with E-state index >= 15 is 0 Å². The number of carbonyl (C=O) groups excluding carboxylic acids is 2. The summed E-state index contributed by atoms with van der Waals surface area (Å²) in [6.07, 6.45) is 0.537. The number of benzene rings is 4. The second kappa shape index (κ2) is 26.5. The van der Waals surface area contributed by atoms with Gasteiger partial charge in [0.25, 0.3) is 5.69 Å². The number of hydrogen-bond donors (Lipinski definition) is 6. The van der Waals surface area contributed by atoms with Crippen molar-refractivity contribution in [2.24, 2.45) is 7.05 Å². The van der Waals surface area contributed by atoms with E-state index < -0.39 is 25.0 Å². The Balaban J connectivity index is 0.00000888. The number of carboxylic acids is 3. The second-order valence-electron chi connectivity index (χ2n) is 17.7. The van der Waals surface area contributed by atoms with Crippen LogP contribution in [-0.4, -0.2) is 179 Å². The van der Waals surface area contributed by atoms with E-state index in [1.807, 2.05) is 89.3 Å². The molecule has 69 heavy (non-hydrogen) atoms. The summed E-state index contributed by atoms with van der Waals surface area (Å²) in [5.41, 5.74) is 4.51. The van der Waals surface area contributed by atoms with E-state index in [9.17, 15) is 49.3 Å². The van der Waals surface area contributed by atoms with Crippen molar-refractivity contribution in [2.75, 3.05) is 92.1 Å². The number of fused-ring (bicyclic) bond motifs is 3. The Bertz CT molecular complexity index is 2540. The van der Waals surface area contributed by atoms with E-state index in [0.717, 1.165) is 38.4 Å². The summed E-state index contributed by atoms with van der Waals surface area (Å²) in [6, 6.07) is 31.0. The molecule has 6 N–H and O–H groups in total. The third kappa shape index (κ3) is 15.4. The van der Waals surface area contributed by atoms with Gasteiger partial charge in [-0.15, -0.1) is 0 Å². The molecule has 1 radical (unpaired) electrons. The van der Waals surface area contributed by atoms with Crippen molar-refractivity contribution in [1.29, 1.82) is 0 Å². The maximum atomic E-state index is 14.3. The number of pyridine rings is 1. The minimum atomic E-state index is -1.64. The number of aryl methyl sites for hydroxylation is 1. The van der Waals surface area contributed by atoms with Gasteiger partial charge in [0, 0.05) is 133 Å². The maximum Gasteiger partial charge on any atom is 0.488 e. The van der Waals surface area contributed by atoms with E-state index in [4.69, 9.17) is 0 Å². The van der Waals surface area contributed by atoms with E-state index in [-0.39, 0.29) is 132 Å². The zero-order valence-electron chi connectivity index (χ0n) is 39.4. The maximum absolute atomic E-state index is 14.3. The van der Waals surface area contributed by atoms with Gasteiger partial charge in [-0.3, -0.25) is 43.6 Å². The zero-order valence-corrected chi connectivity index (χ0v) is 41.8.